The summed E-state index contributed by atoms with van der Waals surface area (Å²) >= 11 is 0. The average molecular weight is 351 g/mol. The van der Waals surface area contributed by atoms with Crippen LogP contribution >= 0.6 is 0 Å². The number of carboxylic acid groups (broad SMARTS) is 1. The van der Waals surface area contributed by atoms with Crippen LogP contribution in [-0.2, 0) is 6.54 Å². The van der Waals surface area contributed by atoms with E-state index in [0.717, 1.165) is 22.6 Å². The van der Waals surface area contributed by atoms with Gasteiger partial charge in [0.25, 0.3) is 0 Å². The van der Waals surface area contributed by atoms with Crippen LogP contribution in [0.15, 0.2) is 48.5 Å². The molecule has 0 aliphatic heterocycles. The lowest BCUT2D eigenvalue weighted by Gasteiger charge is -2.30. The summed E-state index contributed by atoms with van der Waals surface area (Å²) in [5.74, 6) is -1.84. The smallest absolute Gasteiger partial charge is 0.407 e. The molecule has 2 aromatic carbocycles. The van der Waals surface area contributed by atoms with Gasteiger partial charge in [-0.05, 0) is 24.6 Å². The molecule has 5 nitrogen and oxygen atoms in total. The molecule has 0 fully saturated rings. The zero-order chi connectivity index (χ0) is 18.4. The van der Waals surface area contributed by atoms with Crippen molar-refractivity contribution in [3.05, 3.63) is 65.7 Å². The van der Waals surface area contributed by atoms with Crippen LogP contribution in [0.3, 0.4) is 0 Å². The monoisotopic (exact) mass is 351 g/mol. The standard InChI is InChI=1S/C18H19F2NO4/c1-12(21(18(23)24)10-13-5-3-2-4-6-13)16(22)11-25-17-8-7-14(19)9-15(17)20/h2-9,12,16,22H,10-11H2,1H3,(H,23,24)/t12?,16-/m1/s1. The number of ether oxygens (including phenoxy) is 1. The van der Waals surface area contributed by atoms with E-state index in [0.29, 0.717) is 6.07 Å². The molecule has 0 saturated carbocycles. The number of halogens is 2. The van der Waals surface area contributed by atoms with Gasteiger partial charge in [0.1, 0.15) is 18.5 Å². The van der Waals surface area contributed by atoms with Gasteiger partial charge in [-0.15, -0.1) is 0 Å². The van der Waals surface area contributed by atoms with Crippen LogP contribution < -0.4 is 4.74 Å². The first-order valence-corrected chi connectivity index (χ1v) is 7.68. The summed E-state index contributed by atoms with van der Waals surface area (Å²) in [6.07, 6.45) is -2.38. The normalized spacial score (nSPS) is 13.1. The summed E-state index contributed by atoms with van der Waals surface area (Å²) in [7, 11) is 0. The van der Waals surface area contributed by atoms with Crippen molar-refractivity contribution in [2.24, 2.45) is 0 Å². The number of aliphatic hydroxyl groups excluding tert-OH is 1. The summed E-state index contributed by atoms with van der Waals surface area (Å²) in [5.41, 5.74) is 0.773. The maximum absolute atomic E-state index is 13.5. The maximum Gasteiger partial charge on any atom is 0.407 e. The van der Waals surface area contributed by atoms with E-state index in [4.69, 9.17) is 4.74 Å². The zero-order valence-corrected chi connectivity index (χ0v) is 13.6. The van der Waals surface area contributed by atoms with Crippen molar-refractivity contribution in [2.75, 3.05) is 6.61 Å². The van der Waals surface area contributed by atoms with Gasteiger partial charge in [-0.25, -0.2) is 13.6 Å². The van der Waals surface area contributed by atoms with E-state index < -0.39 is 29.9 Å². The highest BCUT2D eigenvalue weighted by molar-refractivity contribution is 5.65. The Morgan fingerprint density at radius 1 is 1.20 bits per heavy atom. The molecule has 134 valence electrons. The second-order valence-corrected chi connectivity index (χ2v) is 5.59. The number of benzene rings is 2. The molecular formula is C18H19F2NO4. The summed E-state index contributed by atoms with van der Waals surface area (Å²) in [6, 6.07) is 11.0. The van der Waals surface area contributed by atoms with E-state index in [9.17, 15) is 23.8 Å². The molecule has 0 saturated heterocycles. The van der Waals surface area contributed by atoms with E-state index in [-0.39, 0.29) is 18.9 Å². The fourth-order valence-corrected chi connectivity index (χ4v) is 2.28. The minimum atomic E-state index is -1.19. The third kappa shape index (κ3) is 5.15. The Bertz CT molecular complexity index is 711. The number of hydrogen-bond donors (Lipinski definition) is 2. The van der Waals surface area contributed by atoms with Crippen LogP contribution in [0.5, 0.6) is 5.75 Å². The van der Waals surface area contributed by atoms with Gasteiger partial charge >= 0.3 is 6.09 Å². The topological polar surface area (TPSA) is 70.0 Å². The van der Waals surface area contributed by atoms with Crippen molar-refractivity contribution in [2.45, 2.75) is 25.6 Å². The van der Waals surface area contributed by atoms with E-state index in [1.54, 1.807) is 24.3 Å². The number of aliphatic hydroxyl groups is 1. The highest BCUT2D eigenvalue weighted by Crippen LogP contribution is 2.19. The number of carbonyl (C=O) groups is 1. The number of rotatable bonds is 7. The molecule has 0 spiro atoms. The fourth-order valence-electron chi connectivity index (χ4n) is 2.28. The highest BCUT2D eigenvalue weighted by atomic mass is 19.1. The summed E-state index contributed by atoms with van der Waals surface area (Å²) < 4.78 is 31.5. The molecule has 1 unspecified atom stereocenters. The van der Waals surface area contributed by atoms with E-state index in [1.807, 2.05) is 6.07 Å². The first-order chi connectivity index (χ1) is 11.9. The number of hydrogen-bond acceptors (Lipinski definition) is 3. The van der Waals surface area contributed by atoms with Crippen LogP contribution in [0.4, 0.5) is 13.6 Å². The van der Waals surface area contributed by atoms with E-state index in [2.05, 4.69) is 0 Å². The van der Waals surface area contributed by atoms with Crippen LogP contribution in [0.25, 0.3) is 0 Å². The molecule has 0 aromatic heterocycles. The summed E-state index contributed by atoms with van der Waals surface area (Å²) in [5, 5.41) is 19.6. The Morgan fingerprint density at radius 2 is 1.88 bits per heavy atom. The molecule has 0 heterocycles. The number of nitrogens with zero attached hydrogens (tertiary/aromatic N) is 1. The molecule has 0 aliphatic rings. The molecule has 2 N–H and O–H groups in total. The lowest BCUT2D eigenvalue weighted by molar-refractivity contribution is 0.0242. The Kier molecular flexibility index (Phi) is 6.30. The van der Waals surface area contributed by atoms with Gasteiger partial charge in [0.15, 0.2) is 11.6 Å². The van der Waals surface area contributed by atoms with Crippen LogP contribution in [0.2, 0.25) is 0 Å². The van der Waals surface area contributed by atoms with Gasteiger partial charge < -0.3 is 14.9 Å². The largest absolute Gasteiger partial charge is 0.488 e. The molecule has 2 atom stereocenters. The second kappa shape index (κ2) is 8.43. The molecule has 2 aromatic rings. The Hall–Kier alpha value is -2.67. The van der Waals surface area contributed by atoms with Gasteiger partial charge in [-0.3, -0.25) is 4.90 Å². The first-order valence-electron chi connectivity index (χ1n) is 7.68. The van der Waals surface area contributed by atoms with Gasteiger partial charge in [-0.1, -0.05) is 30.3 Å². The lowest BCUT2D eigenvalue weighted by atomic mass is 10.1. The fraction of sp³-hybridized carbons (Fsp3) is 0.278. The summed E-state index contributed by atoms with van der Waals surface area (Å²) in [6.45, 7) is 1.30. The molecule has 1 amide bonds. The third-order valence-electron chi connectivity index (χ3n) is 3.79. The van der Waals surface area contributed by atoms with Crippen molar-refractivity contribution >= 4 is 6.09 Å². The molecular weight excluding hydrogens is 332 g/mol. The van der Waals surface area contributed by atoms with E-state index >= 15 is 0 Å². The van der Waals surface area contributed by atoms with Gasteiger partial charge in [0.05, 0.1) is 6.04 Å². The summed E-state index contributed by atoms with van der Waals surface area (Å²) in [4.78, 5) is 12.6. The van der Waals surface area contributed by atoms with Crippen molar-refractivity contribution < 1.29 is 28.5 Å². The first kappa shape index (κ1) is 18.7. The van der Waals surface area contributed by atoms with Crippen molar-refractivity contribution in [1.82, 2.24) is 4.90 Å². The SMILES string of the molecule is CC([C@H](O)COc1ccc(F)cc1F)N(Cc1ccccc1)C(=O)O. The van der Waals surface area contributed by atoms with E-state index in [1.165, 1.54) is 6.92 Å². The molecule has 0 aliphatic carbocycles. The maximum atomic E-state index is 13.5. The quantitative estimate of drug-likeness (QED) is 0.803. The van der Waals surface area contributed by atoms with Gasteiger partial charge in [0, 0.05) is 12.6 Å². The third-order valence-corrected chi connectivity index (χ3v) is 3.79. The molecule has 25 heavy (non-hydrogen) atoms. The van der Waals surface area contributed by atoms with Crippen LogP contribution in [0.1, 0.15) is 12.5 Å². The van der Waals surface area contributed by atoms with Gasteiger partial charge in [-0.2, -0.15) is 0 Å². The molecule has 2 rings (SSSR count). The lowest BCUT2D eigenvalue weighted by Crippen LogP contribution is -2.46. The number of amides is 1. The van der Waals surface area contributed by atoms with Crippen molar-refractivity contribution in [3.8, 4) is 5.75 Å². The van der Waals surface area contributed by atoms with Crippen LogP contribution in [0, 0.1) is 11.6 Å². The molecule has 0 bridgehead atoms. The zero-order valence-electron chi connectivity index (χ0n) is 13.6. The Labute approximate surface area is 144 Å². The van der Waals surface area contributed by atoms with Crippen molar-refractivity contribution in [3.63, 3.8) is 0 Å². The Morgan fingerprint density at radius 3 is 2.48 bits per heavy atom. The Balaban J connectivity index is 2.00. The molecule has 0 radical (unpaired) electrons. The van der Waals surface area contributed by atoms with Crippen LogP contribution in [-0.4, -0.2) is 40.0 Å². The second-order valence-electron chi connectivity index (χ2n) is 5.59. The minimum absolute atomic E-state index is 0.0965. The average Bonchev–Trinajstić information content (AvgIpc) is 2.58. The molecule has 7 heteroatoms. The van der Waals surface area contributed by atoms with Crippen molar-refractivity contribution in [1.29, 1.82) is 0 Å². The predicted molar refractivity (Wildman–Crippen MR) is 87.3 cm³/mol. The minimum Gasteiger partial charge on any atom is -0.488 e. The highest BCUT2D eigenvalue weighted by Gasteiger charge is 2.26. The van der Waals surface area contributed by atoms with Gasteiger partial charge in [0.2, 0.25) is 0 Å². The predicted octanol–water partition coefficient (Wildman–Crippen LogP) is 3.27.